The summed E-state index contributed by atoms with van der Waals surface area (Å²) in [7, 11) is -1.35. The molecule has 0 aliphatic rings. The summed E-state index contributed by atoms with van der Waals surface area (Å²) in [5.74, 6) is 0. The molecule has 0 rings (SSSR count). The van der Waals surface area contributed by atoms with Crippen molar-refractivity contribution in [1.29, 1.82) is 0 Å². The lowest BCUT2D eigenvalue weighted by atomic mass is 11.4. The molecule has 1 radical (unpaired) electrons. The summed E-state index contributed by atoms with van der Waals surface area (Å²) in [6.45, 7) is 11.3. The van der Waals surface area contributed by atoms with Crippen molar-refractivity contribution in [3.05, 3.63) is 0 Å². The summed E-state index contributed by atoms with van der Waals surface area (Å²) in [5.41, 5.74) is 6.65. The minimum atomic E-state index is -1.06. The van der Waals surface area contributed by atoms with Crippen LogP contribution < -0.4 is 0 Å². The zero-order valence-electron chi connectivity index (χ0n) is 7.00. The fourth-order valence-electron chi connectivity index (χ4n) is 0.312. The molecule has 51 valence electrons. The Labute approximate surface area is 61.3 Å². The minimum Gasteiger partial charge on any atom is -0.141 e. The molecule has 0 fully saturated rings. The van der Waals surface area contributed by atoms with Crippen LogP contribution in [0.5, 0.6) is 0 Å². The predicted octanol–water partition coefficient (Wildman–Crippen LogP) is 2.16. The van der Waals surface area contributed by atoms with Crippen LogP contribution in [0.1, 0.15) is 0 Å². The van der Waals surface area contributed by atoms with Gasteiger partial charge in [0.15, 0.2) is 0 Å². The minimum absolute atomic E-state index is 0.294. The van der Waals surface area contributed by atoms with Gasteiger partial charge >= 0.3 is 0 Å². The van der Waals surface area contributed by atoms with E-state index in [1.807, 2.05) is 0 Å². The van der Waals surface area contributed by atoms with Crippen molar-refractivity contribution >= 4 is 16.9 Å². The Morgan fingerprint density at radius 1 is 1.11 bits per heavy atom. The van der Waals surface area contributed by atoms with Crippen LogP contribution in [0.15, 0.2) is 0 Å². The van der Waals surface area contributed by atoms with Crippen LogP contribution >= 0.6 is 0 Å². The van der Waals surface area contributed by atoms with E-state index in [1.54, 1.807) is 0 Å². The van der Waals surface area contributed by atoms with Crippen molar-refractivity contribution in [3.63, 3.8) is 0 Å². The Balaban J connectivity index is 3.88. The van der Waals surface area contributed by atoms with Gasteiger partial charge < -0.3 is 0 Å². The zero-order valence-corrected chi connectivity index (χ0v) is 9.00. The molecule has 0 aromatic heterocycles. The summed E-state index contributed by atoms with van der Waals surface area (Å²) >= 11 is 0. The lowest BCUT2D eigenvalue weighted by Gasteiger charge is -2.03. The monoisotopic (exact) mass is 155 g/mol. The molecule has 0 saturated heterocycles. The smallest absolute Gasteiger partial charge is 0.137 e. The molecule has 0 unspecified atom stereocenters. The van der Waals surface area contributed by atoms with E-state index < -0.39 is 8.07 Å². The Morgan fingerprint density at radius 2 is 1.56 bits per heavy atom. The van der Waals surface area contributed by atoms with Gasteiger partial charge in [0.1, 0.15) is 16.9 Å². The highest BCUT2D eigenvalue weighted by Gasteiger charge is 2.07. The van der Waals surface area contributed by atoms with Gasteiger partial charge in [0.25, 0.3) is 0 Å². The highest BCUT2D eigenvalue weighted by Crippen LogP contribution is 1.96. The molecule has 0 heterocycles. The topological polar surface area (TPSA) is 0 Å². The molecule has 0 spiro atoms. The average molecular weight is 155 g/mol. The first-order valence-electron chi connectivity index (χ1n) is 3.25. The lowest BCUT2D eigenvalue weighted by molar-refractivity contribution is 1.81. The quantitative estimate of drug-likeness (QED) is 0.371. The highest BCUT2D eigenvalue weighted by atomic mass is 28.3. The van der Waals surface area contributed by atoms with Gasteiger partial charge in [-0.05, 0) is 0 Å². The Hall–Kier alpha value is -0.00623. The zero-order chi connectivity index (χ0) is 7.49. The second-order valence-electron chi connectivity index (χ2n) is 3.50. The van der Waals surface area contributed by atoms with E-state index in [-0.39, 0.29) is 8.80 Å². The van der Waals surface area contributed by atoms with Crippen molar-refractivity contribution in [2.24, 2.45) is 0 Å². The van der Waals surface area contributed by atoms with Gasteiger partial charge in [-0.15, -0.1) is 11.1 Å². The largest absolute Gasteiger partial charge is 0.141 e. The first-order chi connectivity index (χ1) is 3.92. The Morgan fingerprint density at radius 3 is 1.67 bits per heavy atom. The SMILES string of the molecule is C[Si](C)C#C[Si](C)(C)C. The van der Waals surface area contributed by atoms with Gasteiger partial charge in [0, 0.05) is 0 Å². The molecular weight excluding hydrogens is 140 g/mol. The summed E-state index contributed by atoms with van der Waals surface area (Å²) in [4.78, 5) is 0. The molecule has 0 atom stereocenters. The first-order valence-corrected chi connectivity index (χ1v) is 9.25. The Bertz CT molecular complexity index is 131. The molecule has 0 bridgehead atoms. The molecule has 0 aliphatic carbocycles. The molecule has 0 nitrogen and oxygen atoms in total. The standard InChI is InChI=1S/C7H15Si2/c1-8(2)6-7-9(3,4)5/h1-5H3. The van der Waals surface area contributed by atoms with E-state index in [4.69, 9.17) is 0 Å². The molecule has 0 aromatic rings. The summed E-state index contributed by atoms with van der Waals surface area (Å²) in [6, 6.07) is 0. The number of hydrogen-bond donors (Lipinski definition) is 0. The van der Waals surface area contributed by atoms with Crippen LogP contribution in [0.2, 0.25) is 32.7 Å². The summed E-state index contributed by atoms with van der Waals surface area (Å²) in [6.07, 6.45) is 0. The third kappa shape index (κ3) is 7.99. The molecule has 0 aromatic carbocycles. The van der Waals surface area contributed by atoms with Gasteiger partial charge in [-0.1, -0.05) is 32.7 Å². The van der Waals surface area contributed by atoms with E-state index in [1.165, 1.54) is 0 Å². The van der Waals surface area contributed by atoms with Crippen LogP contribution in [0.25, 0.3) is 0 Å². The molecule has 2 heteroatoms. The van der Waals surface area contributed by atoms with E-state index >= 15 is 0 Å². The maximum atomic E-state index is 3.36. The van der Waals surface area contributed by atoms with Gasteiger partial charge in [0.2, 0.25) is 0 Å². The fraction of sp³-hybridized carbons (Fsp3) is 0.714. The first kappa shape index (κ1) is 8.99. The van der Waals surface area contributed by atoms with Crippen molar-refractivity contribution in [3.8, 4) is 11.1 Å². The summed E-state index contributed by atoms with van der Waals surface area (Å²) < 4.78 is 0. The second kappa shape index (κ2) is 3.24. The maximum absolute atomic E-state index is 3.36. The van der Waals surface area contributed by atoms with Crippen LogP contribution in [0.4, 0.5) is 0 Å². The van der Waals surface area contributed by atoms with Gasteiger partial charge in [-0.2, -0.15) is 0 Å². The van der Waals surface area contributed by atoms with E-state index in [0.29, 0.717) is 0 Å². The van der Waals surface area contributed by atoms with Crippen molar-refractivity contribution in [2.45, 2.75) is 32.7 Å². The van der Waals surface area contributed by atoms with E-state index in [0.717, 1.165) is 0 Å². The lowest BCUT2D eigenvalue weighted by Crippen LogP contribution is -2.17. The van der Waals surface area contributed by atoms with E-state index in [2.05, 4.69) is 43.8 Å². The Kier molecular flexibility index (Phi) is 3.23. The molecular formula is C7H15Si2. The maximum Gasteiger partial charge on any atom is 0.137 e. The van der Waals surface area contributed by atoms with E-state index in [9.17, 15) is 0 Å². The van der Waals surface area contributed by atoms with Crippen molar-refractivity contribution in [2.75, 3.05) is 0 Å². The normalized spacial score (nSPS) is 10.9. The third-order valence-electron chi connectivity index (χ3n) is 0.688. The molecule has 0 N–H and O–H groups in total. The molecule has 0 amide bonds. The van der Waals surface area contributed by atoms with Crippen LogP contribution in [-0.4, -0.2) is 16.9 Å². The van der Waals surface area contributed by atoms with Crippen molar-refractivity contribution < 1.29 is 0 Å². The molecule has 0 aliphatic heterocycles. The van der Waals surface area contributed by atoms with Gasteiger partial charge in [0.05, 0.1) is 0 Å². The van der Waals surface area contributed by atoms with Gasteiger partial charge in [-0.25, -0.2) is 0 Å². The average Bonchev–Trinajstić information content (AvgIpc) is 1.59. The summed E-state index contributed by atoms with van der Waals surface area (Å²) in [5, 5.41) is 0. The third-order valence-corrected chi connectivity index (χ3v) is 2.44. The molecule has 9 heavy (non-hydrogen) atoms. The van der Waals surface area contributed by atoms with Gasteiger partial charge in [-0.3, -0.25) is 0 Å². The van der Waals surface area contributed by atoms with Crippen LogP contribution in [-0.2, 0) is 0 Å². The second-order valence-corrected chi connectivity index (χ2v) is 10.5. The van der Waals surface area contributed by atoms with Crippen LogP contribution in [0, 0.1) is 11.1 Å². The fourth-order valence-corrected chi connectivity index (χ4v) is 2.81. The predicted molar refractivity (Wildman–Crippen MR) is 48.6 cm³/mol. The van der Waals surface area contributed by atoms with Crippen LogP contribution in [0.3, 0.4) is 0 Å². The van der Waals surface area contributed by atoms with Crippen molar-refractivity contribution in [1.82, 2.24) is 0 Å². The number of hydrogen-bond acceptors (Lipinski definition) is 0. The highest BCUT2D eigenvalue weighted by molar-refractivity contribution is 6.85. The number of rotatable bonds is 0. The molecule has 0 saturated carbocycles.